The number of carbonyl (C=O) groups is 1. The Morgan fingerprint density at radius 1 is 1.59 bits per heavy atom. The van der Waals surface area contributed by atoms with Crippen molar-refractivity contribution in [2.45, 2.75) is 25.5 Å². The van der Waals surface area contributed by atoms with Crippen LogP contribution < -0.4 is 10.1 Å². The van der Waals surface area contributed by atoms with Crippen molar-refractivity contribution in [3.8, 4) is 5.75 Å². The van der Waals surface area contributed by atoms with Crippen LogP contribution in [-0.4, -0.2) is 51.2 Å². The van der Waals surface area contributed by atoms with Crippen LogP contribution in [0.5, 0.6) is 5.75 Å². The molecule has 0 radical (unpaired) electrons. The van der Waals surface area contributed by atoms with Crippen LogP contribution in [-0.2, 0) is 18.2 Å². The maximum absolute atomic E-state index is 12.2. The van der Waals surface area contributed by atoms with Crippen molar-refractivity contribution >= 4 is 5.91 Å². The van der Waals surface area contributed by atoms with Gasteiger partial charge >= 0.3 is 0 Å². The summed E-state index contributed by atoms with van der Waals surface area (Å²) < 4.78 is 12.9. The maximum atomic E-state index is 12.2. The van der Waals surface area contributed by atoms with E-state index in [0.29, 0.717) is 24.7 Å². The Labute approximate surface area is 127 Å². The summed E-state index contributed by atoms with van der Waals surface area (Å²) in [6, 6.07) is 1.54. The number of amides is 1. The molecule has 1 aliphatic heterocycles. The van der Waals surface area contributed by atoms with Crippen LogP contribution >= 0.6 is 0 Å². The first-order valence-corrected chi connectivity index (χ1v) is 7.24. The molecule has 0 aliphatic carbocycles. The van der Waals surface area contributed by atoms with Crippen molar-refractivity contribution in [2.24, 2.45) is 7.05 Å². The van der Waals surface area contributed by atoms with E-state index in [2.05, 4.69) is 20.6 Å². The minimum absolute atomic E-state index is 0.213. The first kappa shape index (κ1) is 14.6. The van der Waals surface area contributed by atoms with Gasteiger partial charge in [0.2, 0.25) is 0 Å². The first-order chi connectivity index (χ1) is 10.7. The number of nitrogens with one attached hydrogen (secondary N) is 2. The lowest BCUT2D eigenvalue weighted by Gasteiger charge is -2.19. The largest absolute Gasteiger partial charge is 0.482 e. The quantitative estimate of drug-likeness (QED) is 0.827. The lowest BCUT2D eigenvalue weighted by molar-refractivity contribution is 0.0899. The number of nitrogens with zero attached hydrogens (tertiary/aromatic N) is 3. The van der Waals surface area contributed by atoms with Crippen LogP contribution in [0.4, 0.5) is 0 Å². The molecular formula is C14H19N5O3. The van der Waals surface area contributed by atoms with Gasteiger partial charge < -0.3 is 14.8 Å². The second-order valence-electron chi connectivity index (χ2n) is 5.26. The predicted octanol–water partition coefficient (Wildman–Crippen LogP) is 0.282. The summed E-state index contributed by atoms with van der Waals surface area (Å²) in [5.41, 5.74) is 1.31. The fraction of sp³-hybridized carbons (Fsp3) is 0.500. The molecule has 0 saturated carbocycles. The maximum Gasteiger partial charge on any atom is 0.272 e. The van der Waals surface area contributed by atoms with E-state index >= 15 is 0 Å². The van der Waals surface area contributed by atoms with Gasteiger partial charge in [-0.05, 0) is 12.5 Å². The van der Waals surface area contributed by atoms with Crippen molar-refractivity contribution < 1.29 is 14.3 Å². The number of aryl methyl sites for hydroxylation is 2. The lowest BCUT2D eigenvalue weighted by Crippen LogP contribution is -2.45. The van der Waals surface area contributed by atoms with Crippen LogP contribution in [0, 0.1) is 0 Å². The van der Waals surface area contributed by atoms with E-state index in [-0.39, 0.29) is 18.1 Å². The number of hydrogen-bond acceptors (Lipinski definition) is 5. The summed E-state index contributed by atoms with van der Waals surface area (Å²) in [6.45, 7) is 2.85. The Balaban J connectivity index is 1.61. The number of hydrogen-bond donors (Lipinski definition) is 2. The molecule has 3 heterocycles. The molecule has 0 unspecified atom stereocenters. The molecule has 22 heavy (non-hydrogen) atoms. The molecule has 118 valence electrons. The lowest BCUT2D eigenvalue weighted by atomic mass is 10.2. The van der Waals surface area contributed by atoms with Gasteiger partial charge in [-0.25, -0.2) is 0 Å². The summed E-state index contributed by atoms with van der Waals surface area (Å²) in [4.78, 5) is 12.2. The van der Waals surface area contributed by atoms with Crippen molar-refractivity contribution in [1.29, 1.82) is 0 Å². The molecule has 8 nitrogen and oxygen atoms in total. The van der Waals surface area contributed by atoms with Gasteiger partial charge in [0.25, 0.3) is 5.91 Å². The smallest absolute Gasteiger partial charge is 0.272 e. The molecule has 2 aromatic heterocycles. The third-order valence-electron chi connectivity index (χ3n) is 3.56. The van der Waals surface area contributed by atoms with Crippen molar-refractivity contribution in [2.75, 3.05) is 13.2 Å². The molecule has 2 aromatic rings. The number of aromatic nitrogens is 4. The molecule has 1 fully saturated rings. The summed E-state index contributed by atoms with van der Waals surface area (Å²) in [7, 11) is 1.82. The normalized spacial score (nSPS) is 21.0. The second kappa shape index (κ2) is 6.18. The van der Waals surface area contributed by atoms with E-state index in [9.17, 15) is 4.79 Å². The molecule has 0 bridgehead atoms. The van der Waals surface area contributed by atoms with Gasteiger partial charge in [0.05, 0.1) is 31.6 Å². The minimum Gasteiger partial charge on any atom is -0.482 e. The third-order valence-corrected chi connectivity index (χ3v) is 3.56. The number of rotatable bonds is 5. The summed E-state index contributed by atoms with van der Waals surface area (Å²) in [6.07, 6.45) is 3.98. The molecule has 0 spiro atoms. The van der Waals surface area contributed by atoms with E-state index in [1.807, 2.05) is 14.0 Å². The van der Waals surface area contributed by atoms with Gasteiger partial charge in [0, 0.05) is 12.7 Å². The van der Waals surface area contributed by atoms with E-state index in [4.69, 9.17) is 9.47 Å². The van der Waals surface area contributed by atoms with E-state index in [1.54, 1.807) is 23.1 Å². The third kappa shape index (κ3) is 3.11. The van der Waals surface area contributed by atoms with Gasteiger partial charge in [-0.1, -0.05) is 6.92 Å². The van der Waals surface area contributed by atoms with E-state index < -0.39 is 0 Å². The zero-order chi connectivity index (χ0) is 15.5. The zero-order valence-electron chi connectivity index (χ0n) is 12.6. The average Bonchev–Trinajstić information content (AvgIpc) is 3.21. The number of aromatic amines is 1. The Kier molecular flexibility index (Phi) is 4.10. The highest BCUT2D eigenvalue weighted by Crippen LogP contribution is 2.16. The standard InChI is InChI=1S/C14H19N5O3/c1-3-9-4-11(18-17-9)14(20)16-12-7-21-8-13(12)22-10-5-15-19(2)6-10/h4-6,12-13H,3,7-8H2,1-2H3,(H,16,20)(H,17,18)/t12-,13+/m0/s1. The zero-order valence-corrected chi connectivity index (χ0v) is 12.6. The predicted molar refractivity (Wildman–Crippen MR) is 77.7 cm³/mol. The highest BCUT2D eigenvalue weighted by molar-refractivity contribution is 5.92. The van der Waals surface area contributed by atoms with Crippen LogP contribution in [0.3, 0.4) is 0 Å². The molecule has 1 aliphatic rings. The minimum atomic E-state index is -0.238. The van der Waals surface area contributed by atoms with Crippen molar-refractivity contribution in [3.05, 3.63) is 29.8 Å². The number of carbonyl (C=O) groups excluding carboxylic acids is 1. The van der Waals surface area contributed by atoms with Gasteiger partial charge in [-0.15, -0.1) is 0 Å². The van der Waals surface area contributed by atoms with Crippen LogP contribution in [0.15, 0.2) is 18.5 Å². The monoisotopic (exact) mass is 305 g/mol. The number of ether oxygens (including phenoxy) is 2. The van der Waals surface area contributed by atoms with Crippen molar-refractivity contribution in [1.82, 2.24) is 25.3 Å². The van der Waals surface area contributed by atoms with Gasteiger partial charge in [-0.3, -0.25) is 14.6 Å². The molecule has 1 saturated heterocycles. The first-order valence-electron chi connectivity index (χ1n) is 7.24. The Morgan fingerprint density at radius 2 is 2.45 bits per heavy atom. The Morgan fingerprint density at radius 3 is 3.14 bits per heavy atom. The summed E-state index contributed by atoms with van der Waals surface area (Å²) in [5, 5.41) is 13.8. The second-order valence-corrected chi connectivity index (χ2v) is 5.26. The molecule has 8 heteroatoms. The number of H-pyrrole nitrogens is 1. The fourth-order valence-corrected chi connectivity index (χ4v) is 2.32. The Bertz CT molecular complexity index is 650. The molecular weight excluding hydrogens is 286 g/mol. The highest BCUT2D eigenvalue weighted by atomic mass is 16.5. The fourth-order valence-electron chi connectivity index (χ4n) is 2.32. The molecule has 1 amide bonds. The van der Waals surface area contributed by atoms with E-state index in [1.165, 1.54) is 0 Å². The average molecular weight is 305 g/mol. The molecule has 2 N–H and O–H groups in total. The van der Waals surface area contributed by atoms with E-state index in [0.717, 1.165) is 12.1 Å². The summed E-state index contributed by atoms with van der Waals surface area (Å²) in [5.74, 6) is 0.427. The molecule has 0 aromatic carbocycles. The van der Waals surface area contributed by atoms with Gasteiger partial charge in [0.15, 0.2) is 5.75 Å². The Hall–Kier alpha value is -2.35. The topological polar surface area (TPSA) is 94.1 Å². The van der Waals surface area contributed by atoms with Crippen LogP contribution in [0.2, 0.25) is 0 Å². The summed E-state index contributed by atoms with van der Waals surface area (Å²) >= 11 is 0. The van der Waals surface area contributed by atoms with Crippen LogP contribution in [0.1, 0.15) is 23.1 Å². The molecule has 2 atom stereocenters. The van der Waals surface area contributed by atoms with Crippen LogP contribution in [0.25, 0.3) is 0 Å². The van der Waals surface area contributed by atoms with Gasteiger partial charge in [0.1, 0.15) is 11.8 Å². The van der Waals surface area contributed by atoms with Gasteiger partial charge in [-0.2, -0.15) is 10.2 Å². The van der Waals surface area contributed by atoms with Crippen molar-refractivity contribution in [3.63, 3.8) is 0 Å². The highest BCUT2D eigenvalue weighted by Gasteiger charge is 2.32. The molecule has 3 rings (SSSR count). The SMILES string of the molecule is CCc1cc(C(=O)N[C@H]2COC[C@H]2Oc2cnn(C)c2)n[nH]1.